The van der Waals surface area contributed by atoms with Gasteiger partial charge in [-0.3, -0.25) is 15.1 Å². The summed E-state index contributed by atoms with van der Waals surface area (Å²) in [6, 6.07) is 4.26. The summed E-state index contributed by atoms with van der Waals surface area (Å²) in [6.07, 6.45) is 1.64. The van der Waals surface area contributed by atoms with E-state index in [2.05, 4.69) is 30.9 Å². The Morgan fingerprint density at radius 3 is 2.63 bits per heavy atom. The van der Waals surface area contributed by atoms with Crippen LogP contribution in [0.3, 0.4) is 0 Å². The molecule has 2 bridgehead atoms. The standard InChI is InChI=1S/C22H20ClF2N7O3/c1-11(14-5-13(24)7-27-17(14)23)35-20(34)28-18-16(30-31-32(18)2)15-4-3-12(6-26-15)19(33)29-22-8-21(25,9-22)10-22/h3-7,11H,8-10H2,1-2H3,(H,28,34)(H,29,33)/t11-,21?,22?/m1/s1. The van der Waals surface area contributed by atoms with Crippen LogP contribution in [0.1, 0.15) is 48.2 Å². The van der Waals surface area contributed by atoms with Gasteiger partial charge in [0, 0.05) is 43.6 Å². The van der Waals surface area contributed by atoms with Gasteiger partial charge < -0.3 is 10.1 Å². The Morgan fingerprint density at radius 2 is 1.97 bits per heavy atom. The van der Waals surface area contributed by atoms with Gasteiger partial charge in [-0.1, -0.05) is 16.8 Å². The average Bonchev–Trinajstić information content (AvgIpc) is 3.13. The molecule has 3 aromatic rings. The monoisotopic (exact) mass is 503 g/mol. The van der Waals surface area contributed by atoms with Crippen molar-refractivity contribution in [1.82, 2.24) is 30.3 Å². The molecule has 35 heavy (non-hydrogen) atoms. The first-order valence-electron chi connectivity index (χ1n) is 10.7. The van der Waals surface area contributed by atoms with Gasteiger partial charge >= 0.3 is 6.09 Å². The summed E-state index contributed by atoms with van der Waals surface area (Å²) < 4.78 is 33.8. The van der Waals surface area contributed by atoms with Gasteiger partial charge in [0.05, 0.1) is 17.5 Å². The van der Waals surface area contributed by atoms with Gasteiger partial charge in [-0.15, -0.1) is 5.10 Å². The highest BCUT2D eigenvalue weighted by atomic mass is 35.5. The van der Waals surface area contributed by atoms with Crippen molar-refractivity contribution >= 4 is 29.4 Å². The van der Waals surface area contributed by atoms with Crippen molar-refractivity contribution in [2.45, 2.75) is 43.5 Å². The molecule has 3 aliphatic rings. The number of nitrogens with one attached hydrogen (secondary N) is 2. The maximum absolute atomic E-state index is 13.7. The topological polar surface area (TPSA) is 124 Å². The number of hydrogen-bond donors (Lipinski definition) is 2. The molecule has 3 aromatic heterocycles. The molecule has 3 aliphatic carbocycles. The molecule has 0 aromatic carbocycles. The summed E-state index contributed by atoms with van der Waals surface area (Å²) in [5, 5.41) is 13.4. The molecule has 182 valence electrons. The highest BCUT2D eigenvalue weighted by molar-refractivity contribution is 6.30. The van der Waals surface area contributed by atoms with E-state index in [9.17, 15) is 18.4 Å². The van der Waals surface area contributed by atoms with Crippen molar-refractivity contribution in [3.63, 3.8) is 0 Å². The minimum absolute atomic E-state index is 0.0150. The lowest BCUT2D eigenvalue weighted by atomic mass is 9.47. The van der Waals surface area contributed by atoms with Gasteiger partial charge in [0.2, 0.25) is 0 Å². The normalized spacial score (nSPS) is 23.0. The van der Waals surface area contributed by atoms with Gasteiger partial charge in [0.15, 0.2) is 11.5 Å². The molecule has 13 heteroatoms. The van der Waals surface area contributed by atoms with Gasteiger partial charge in [-0.05, 0) is 25.1 Å². The van der Waals surface area contributed by atoms with E-state index in [4.69, 9.17) is 16.3 Å². The first kappa shape index (κ1) is 23.1. The Kier molecular flexibility index (Phi) is 5.42. The number of carbonyl (C=O) groups is 2. The summed E-state index contributed by atoms with van der Waals surface area (Å²) >= 11 is 5.97. The van der Waals surface area contributed by atoms with Gasteiger partial charge in [-0.25, -0.2) is 23.2 Å². The van der Waals surface area contributed by atoms with Crippen molar-refractivity contribution < 1.29 is 23.1 Å². The van der Waals surface area contributed by atoms with Crippen LogP contribution in [-0.4, -0.2) is 48.2 Å². The molecule has 3 fully saturated rings. The predicted octanol–water partition coefficient (Wildman–Crippen LogP) is 3.75. The smallest absolute Gasteiger partial charge is 0.413 e. The first-order chi connectivity index (χ1) is 16.6. The van der Waals surface area contributed by atoms with Crippen LogP contribution in [0.2, 0.25) is 5.15 Å². The molecule has 1 atom stereocenters. The Balaban J connectivity index is 1.26. The zero-order chi connectivity index (χ0) is 25.0. The number of aryl methyl sites for hydroxylation is 1. The second-order valence-electron chi connectivity index (χ2n) is 8.96. The van der Waals surface area contributed by atoms with E-state index >= 15 is 0 Å². The minimum atomic E-state index is -1.11. The highest BCUT2D eigenvalue weighted by Crippen LogP contribution is 2.62. The first-order valence-corrected chi connectivity index (χ1v) is 11.1. The zero-order valence-electron chi connectivity index (χ0n) is 18.7. The van der Waals surface area contributed by atoms with Crippen LogP contribution in [0.25, 0.3) is 11.4 Å². The SMILES string of the molecule is C[C@@H](OC(=O)Nc1c(-c2ccc(C(=O)NC34CC(F)(C3)C4)cn2)nnn1C)c1cc(F)cnc1Cl. The van der Waals surface area contributed by atoms with Gasteiger partial charge in [0.25, 0.3) is 5.91 Å². The molecule has 0 saturated heterocycles. The molecule has 0 aliphatic heterocycles. The van der Waals surface area contributed by atoms with E-state index in [0.717, 1.165) is 12.3 Å². The second-order valence-corrected chi connectivity index (χ2v) is 9.32. The number of nitrogens with zero attached hydrogens (tertiary/aromatic N) is 5. The lowest BCUT2D eigenvalue weighted by molar-refractivity contribution is -0.162. The Bertz CT molecular complexity index is 1310. The fourth-order valence-electron chi connectivity index (χ4n) is 4.52. The van der Waals surface area contributed by atoms with Crippen LogP contribution >= 0.6 is 11.6 Å². The number of alkyl halides is 1. The lowest BCUT2D eigenvalue weighted by Gasteiger charge is -2.65. The van der Waals surface area contributed by atoms with E-state index < -0.39 is 29.2 Å². The highest BCUT2D eigenvalue weighted by Gasteiger charge is 2.69. The van der Waals surface area contributed by atoms with Crippen LogP contribution in [0.15, 0.2) is 30.6 Å². The van der Waals surface area contributed by atoms with Crippen molar-refractivity contribution in [1.29, 1.82) is 0 Å². The summed E-state index contributed by atoms with van der Waals surface area (Å²) in [5.74, 6) is -0.749. The largest absolute Gasteiger partial charge is 0.441 e. The van der Waals surface area contributed by atoms with Gasteiger partial charge in [-0.2, -0.15) is 0 Å². The summed E-state index contributed by atoms with van der Waals surface area (Å²) in [6.45, 7) is 1.52. The van der Waals surface area contributed by atoms with Crippen LogP contribution in [0.5, 0.6) is 0 Å². The number of anilines is 1. The fourth-order valence-corrected chi connectivity index (χ4v) is 4.78. The predicted molar refractivity (Wildman–Crippen MR) is 120 cm³/mol. The molecular weight excluding hydrogens is 484 g/mol. The number of hydrogen-bond acceptors (Lipinski definition) is 7. The Hall–Kier alpha value is -3.67. The summed E-state index contributed by atoms with van der Waals surface area (Å²) in [7, 11) is 1.56. The van der Waals surface area contributed by atoms with Crippen molar-refractivity contribution in [2.75, 3.05) is 5.32 Å². The van der Waals surface area contributed by atoms with Crippen LogP contribution in [0.4, 0.5) is 19.4 Å². The quantitative estimate of drug-likeness (QED) is 0.491. The van der Waals surface area contributed by atoms with Crippen LogP contribution in [-0.2, 0) is 11.8 Å². The van der Waals surface area contributed by atoms with E-state index in [-0.39, 0.29) is 28.1 Å². The second kappa shape index (κ2) is 8.22. The number of pyridine rings is 2. The Labute approximate surface area is 203 Å². The maximum atomic E-state index is 13.7. The van der Waals surface area contributed by atoms with Crippen molar-refractivity contribution in [3.8, 4) is 11.4 Å². The van der Waals surface area contributed by atoms with E-state index in [1.54, 1.807) is 19.2 Å². The lowest BCUT2D eigenvalue weighted by Crippen LogP contribution is -2.76. The summed E-state index contributed by atoms with van der Waals surface area (Å²) in [5.41, 5.74) is -0.420. The van der Waals surface area contributed by atoms with E-state index in [0.29, 0.717) is 30.5 Å². The molecule has 2 N–H and O–H groups in total. The number of carbonyl (C=O) groups excluding carboxylic acids is 2. The van der Waals surface area contributed by atoms with Crippen molar-refractivity contribution in [3.05, 3.63) is 52.7 Å². The zero-order valence-corrected chi connectivity index (χ0v) is 19.4. The number of halogens is 3. The molecule has 3 saturated carbocycles. The Morgan fingerprint density at radius 1 is 1.23 bits per heavy atom. The third-order valence-corrected chi connectivity index (χ3v) is 6.53. The van der Waals surface area contributed by atoms with Crippen LogP contribution < -0.4 is 10.6 Å². The van der Waals surface area contributed by atoms with Crippen molar-refractivity contribution in [2.24, 2.45) is 7.05 Å². The maximum Gasteiger partial charge on any atom is 0.413 e. The fraction of sp³-hybridized carbons (Fsp3) is 0.364. The van der Waals surface area contributed by atoms with Gasteiger partial charge in [0.1, 0.15) is 22.7 Å². The average molecular weight is 504 g/mol. The molecular formula is C22H20ClF2N7O3. The number of aromatic nitrogens is 5. The molecule has 2 amide bonds. The third kappa shape index (κ3) is 4.29. The van der Waals surface area contributed by atoms with E-state index in [1.807, 2.05) is 0 Å². The molecule has 3 heterocycles. The van der Waals surface area contributed by atoms with Crippen LogP contribution in [0, 0.1) is 5.82 Å². The number of rotatable bonds is 6. The third-order valence-electron chi connectivity index (χ3n) is 6.21. The summed E-state index contributed by atoms with van der Waals surface area (Å²) in [4.78, 5) is 33.0. The molecule has 10 nitrogen and oxygen atoms in total. The minimum Gasteiger partial charge on any atom is -0.441 e. The molecule has 0 radical (unpaired) electrons. The molecule has 0 spiro atoms. The molecule has 6 rings (SSSR count). The number of amides is 2. The molecule has 0 unspecified atom stereocenters. The van der Waals surface area contributed by atoms with E-state index in [1.165, 1.54) is 17.8 Å². The number of ether oxygens (including phenoxy) is 1.